The number of rotatable bonds is 10. The number of hydrogen-bond donors (Lipinski definition) is 0. The molecule has 218 valence electrons. The highest BCUT2D eigenvalue weighted by atomic mass is 35.5. The van der Waals surface area contributed by atoms with Crippen molar-refractivity contribution in [2.24, 2.45) is 0 Å². The second kappa shape index (κ2) is 14.2. The number of nitrogens with zero attached hydrogens (tertiary/aromatic N) is 2. The van der Waals surface area contributed by atoms with Crippen LogP contribution in [0.3, 0.4) is 0 Å². The summed E-state index contributed by atoms with van der Waals surface area (Å²) in [7, 11) is 0. The molecule has 0 unspecified atom stereocenters. The minimum atomic E-state index is -0.206. The van der Waals surface area contributed by atoms with Gasteiger partial charge in [-0.3, -0.25) is 14.5 Å². The van der Waals surface area contributed by atoms with Crippen molar-refractivity contribution in [3.63, 3.8) is 0 Å². The summed E-state index contributed by atoms with van der Waals surface area (Å²) in [5.41, 5.74) is 1.58. The molecule has 0 N–H and O–H groups in total. The van der Waals surface area contributed by atoms with E-state index in [1.807, 2.05) is 66.7 Å². The van der Waals surface area contributed by atoms with Crippen LogP contribution in [0.4, 0.5) is 5.69 Å². The summed E-state index contributed by atoms with van der Waals surface area (Å²) in [6, 6.07) is 22.1. The number of ether oxygens (including phenoxy) is 3. The Morgan fingerprint density at radius 3 is 2.24 bits per heavy atom. The van der Waals surface area contributed by atoms with E-state index < -0.39 is 0 Å². The lowest BCUT2D eigenvalue weighted by Gasteiger charge is -2.31. The highest BCUT2D eigenvalue weighted by Gasteiger charge is 2.33. The van der Waals surface area contributed by atoms with Crippen molar-refractivity contribution >= 4 is 63.5 Å². The molecule has 3 aromatic rings. The molecule has 0 bridgehead atoms. The Morgan fingerprint density at radius 2 is 1.60 bits per heavy atom. The van der Waals surface area contributed by atoms with Gasteiger partial charge in [0.2, 0.25) is 0 Å². The minimum absolute atomic E-state index is 0.0433. The first-order valence-electron chi connectivity index (χ1n) is 13.8. The number of carbonyl (C=O) groups excluding carboxylic acids is 2. The fraction of sp³-hybridized carbons (Fsp3) is 0.281. The van der Waals surface area contributed by atoms with Crippen LogP contribution in [0, 0.1) is 0 Å². The number of thiocarbonyl (C=S) groups is 1. The topological polar surface area (TPSA) is 68.3 Å². The van der Waals surface area contributed by atoms with Gasteiger partial charge in [0, 0.05) is 31.6 Å². The zero-order valence-corrected chi connectivity index (χ0v) is 25.6. The second-order valence-electron chi connectivity index (χ2n) is 9.99. The van der Waals surface area contributed by atoms with E-state index in [2.05, 4.69) is 4.90 Å². The Balaban J connectivity index is 1.10. The molecular formula is C32H31ClN2O5S2. The van der Waals surface area contributed by atoms with Gasteiger partial charge in [0.25, 0.3) is 5.91 Å². The fourth-order valence-electron chi connectivity index (χ4n) is 4.77. The number of esters is 1. The summed E-state index contributed by atoms with van der Waals surface area (Å²) in [6.45, 7) is 4.84. The zero-order chi connectivity index (χ0) is 29.5. The number of carbonyl (C=O) groups is 2. The lowest BCUT2D eigenvalue weighted by atomic mass is 10.1. The zero-order valence-electron chi connectivity index (χ0n) is 23.2. The maximum absolute atomic E-state index is 13.2. The van der Waals surface area contributed by atoms with Crippen molar-refractivity contribution in [1.29, 1.82) is 0 Å². The molecule has 7 nitrogen and oxygen atoms in total. The molecule has 1 amide bonds. The lowest BCUT2D eigenvalue weighted by molar-refractivity contribution is -0.148. The minimum Gasteiger partial charge on any atom is -0.494 e. The van der Waals surface area contributed by atoms with Crippen LogP contribution in [0.5, 0.6) is 17.2 Å². The third-order valence-corrected chi connectivity index (χ3v) is 8.42. The van der Waals surface area contributed by atoms with Gasteiger partial charge in [-0.05, 0) is 91.6 Å². The molecule has 2 saturated heterocycles. The number of thioether (sulfide) groups is 1. The molecule has 0 spiro atoms. The average molecular weight is 623 g/mol. The van der Waals surface area contributed by atoms with Crippen LogP contribution in [-0.2, 0) is 14.3 Å². The van der Waals surface area contributed by atoms with Crippen molar-refractivity contribution in [2.45, 2.75) is 32.3 Å². The number of amides is 1. The standard InChI is InChI=1S/C32H31ClN2O5S2/c1-22(36)39-29-15-18-34(19-16-29)17-2-20-38-26-13-7-25(8-14-26)35-31(37)30(42-32(35)41)21-23-3-9-27(10-4-23)40-28-11-5-24(33)6-12-28/h3-14,21,29H,2,15-20H2,1H3. The largest absolute Gasteiger partial charge is 0.494 e. The number of likely N-dealkylation sites (tertiary alicyclic amines) is 1. The van der Waals surface area contributed by atoms with E-state index in [1.165, 1.54) is 18.7 Å². The van der Waals surface area contributed by atoms with Crippen LogP contribution in [-0.4, -0.2) is 53.4 Å². The Bertz CT molecular complexity index is 1440. The van der Waals surface area contributed by atoms with Crippen molar-refractivity contribution in [2.75, 3.05) is 31.1 Å². The van der Waals surface area contributed by atoms with Gasteiger partial charge in [0.1, 0.15) is 23.4 Å². The van der Waals surface area contributed by atoms with E-state index in [4.69, 9.17) is 38.0 Å². The highest BCUT2D eigenvalue weighted by molar-refractivity contribution is 8.27. The summed E-state index contributed by atoms with van der Waals surface area (Å²) < 4.78 is 17.6. The molecule has 3 aromatic carbocycles. The first-order chi connectivity index (χ1) is 20.3. The van der Waals surface area contributed by atoms with E-state index >= 15 is 0 Å². The van der Waals surface area contributed by atoms with Crippen LogP contribution in [0.1, 0.15) is 31.7 Å². The van der Waals surface area contributed by atoms with Crippen molar-refractivity contribution < 1.29 is 23.8 Å². The van der Waals surface area contributed by atoms with E-state index in [1.54, 1.807) is 17.0 Å². The number of hydrogen-bond acceptors (Lipinski definition) is 8. The normalized spacial score (nSPS) is 17.1. The van der Waals surface area contributed by atoms with Crippen molar-refractivity contribution in [1.82, 2.24) is 4.90 Å². The maximum Gasteiger partial charge on any atom is 0.302 e. The molecular weight excluding hydrogens is 592 g/mol. The molecule has 2 aliphatic heterocycles. The quantitative estimate of drug-likeness (QED) is 0.101. The average Bonchev–Trinajstić information content (AvgIpc) is 3.26. The Hall–Kier alpha value is -3.37. The molecule has 2 aliphatic rings. The SMILES string of the molecule is CC(=O)OC1CCN(CCCOc2ccc(N3C(=O)C(=Cc4ccc(Oc5ccc(Cl)cc5)cc4)SC3=S)cc2)CC1. The fourth-order valence-corrected chi connectivity index (χ4v) is 6.19. The predicted molar refractivity (Wildman–Crippen MR) is 171 cm³/mol. The van der Waals surface area contributed by atoms with E-state index in [9.17, 15) is 9.59 Å². The molecule has 5 rings (SSSR count). The van der Waals surface area contributed by atoms with Crippen LogP contribution < -0.4 is 14.4 Å². The first-order valence-corrected chi connectivity index (χ1v) is 15.4. The van der Waals surface area contributed by atoms with Gasteiger partial charge in [-0.15, -0.1) is 0 Å². The van der Waals surface area contributed by atoms with Crippen molar-refractivity contribution in [3.8, 4) is 17.2 Å². The summed E-state index contributed by atoms with van der Waals surface area (Å²) in [6.07, 6.45) is 4.53. The molecule has 0 aliphatic carbocycles. The Morgan fingerprint density at radius 1 is 0.976 bits per heavy atom. The summed E-state index contributed by atoms with van der Waals surface area (Å²) in [5, 5.41) is 0.650. The number of halogens is 1. The maximum atomic E-state index is 13.2. The smallest absolute Gasteiger partial charge is 0.302 e. The van der Waals surface area contributed by atoms with Crippen LogP contribution in [0.15, 0.2) is 77.7 Å². The molecule has 2 fully saturated rings. The predicted octanol–water partition coefficient (Wildman–Crippen LogP) is 7.33. The van der Waals surface area contributed by atoms with Crippen LogP contribution in [0.2, 0.25) is 5.02 Å². The van der Waals surface area contributed by atoms with E-state index in [-0.39, 0.29) is 18.0 Å². The lowest BCUT2D eigenvalue weighted by Crippen LogP contribution is -2.38. The molecule has 0 saturated carbocycles. The summed E-state index contributed by atoms with van der Waals surface area (Å²) in [4.78, 5) is 28.8. The summed E-state index contributed by atoms with van der Waals surface area (Å²) in [5.74, 6) is 1.76. The van der Waals surface area contributed by atoms with Crippen molar-refractivity contribution in [3.05, 3.63) is 88.3 Å². The summed E-state index contributed by atoms with van der Waals surface area (Å²) >= 11 is 12.8. The Labute approximate surface area is 260 Å². The van der Waals surface area contributed by atoms with E-state index in [0.717, 1.165) is 50.2 Å². The molecule has 2 heterocycles. The second-order valence-corrected chi connectivity index (χ2v) is 12.1. The number of piperidine rings is 1. The van der Waals surface area contributed by atoms with Gasteiger partial charge in [-0.1, -0.05) is 47.7 Å². The van der Waals surface area contributed by atoms with Gasteiger partial charge in [0.05, 0.1) is 17.2 Å². The third kappa shape index (κ3) is 8.13. The van der Waals surface area contributed by atoms with Crippen LogP contribution in [0.25, 0.3) is 6.08 Å². The molecule has 0 radical (unpaired) electrons. The van der Waals surface area contributed by atoms with Crippen LogP contribution >= 0.6 is 35.6 Å². The molecule has 10 heteroatoms. The highest BCUT2D eigenvalue weighted by Crippen LogP contribution is 2.37. The molecule has 0 aromatic heterocycles. The molecule has 42 heavy (non-hydrogen) atoms. The van der Waals surface area contributed by atoms with Gasteiger partial charge in [-0.2, -0.15) is 0 Å². The Kier molecular flexibility index (Phi) is 10.2. The third-order valence-electron chi connectivity index (χ3n) is 6.87. The number of anilines is 1. The van der Waals surface area contributed by atoms with Gasteiger partial charge >= 0.3 is 5.97 Å². The van der Waals surface area contributed by atoms with Gasteiger partial charge in [-0.25, -0.2) is 0 Å². The van der Waals surface area contributed by atoms with Gasteiger partial charge < -0.3 is 19.1 Å². The number of benzene rings is 3. The molecule has 0 atom stereocenters. The van der Waals surface area contributed by atoms with Gasteiger partial charge in [0.15, 0.2) is 4.32 Å². The monoisotopic (exact) mass is 622 g/mol. The van der Waals surface area contributed by atoms with E-state index in [0.29, 0.717) is 38.0 Å². The first kappa shape index (κ1) is 30.1.